The average molecular weight is 440 g/mol. The summed E-state index contributed by atoms with van der Waals surface area (Å²) >= 11 is 1.40. The van der Waals surface area contributed by atoms with Gasteiger partial charge in [-0.1, -0.05) is 18.2 Å². The molecule has 2 aliphatic rings. The van der Waals surface area contributed by atoms with Crippen molar-refractivity contribution in [3.63, 3.8) is 0 Å². The first-order valence-electron chi connectivity index (χ1n) is 10.0. The van der Waals surface area contributed by atoms with Gasteiger partial charge in [0.25, 0.3) is 5.91 Å². The predicted molar refractivity (Wildman–Crippen MR) is 124 cm³/mol. The Balaban J connectivity index is 1.47. The average Bonchev–Trinajstić information content (AvgIpc) is 3.19. The number of amidine groups is 1. The first kappa shape index (κ1) is 21.1. The van der Waals surface area contributed by atoms with Crippen LogP contribution in [0.15, 0.2) is 52.4 Å². The van der Waals surface area contributed by atoms with E-state index in [0.29, 0.717) is 22.2 Å². The molecule has 162 valence electrons. The minimum atomic E-state index is -0.234. The number of nitrogens with zero attached hydrogens (tertiary/aromatic N) is 3. The summed E-state index contributed by atoms with van der Waals surface area (Å²) in [6.45, 7) is 3.42. The van der Waals surface area contributed by atoms with Crippen LogP contribution in [0.1, 0.15) is 5.56 Å². The lowest BCUT2D eigenvalue weighted by atomic mass is 10.1. The number of thioether (sulfide) groups is 1. The molecule has 0 spiro atoms. The summed E-state index contributed by atoms with van der Waals surface area (Å²) in [5.41, 5.74) is 1.96. The van der Waals surface area contributed by atoms with Gasteiger partial charge in [0.15, 0.2) is 16.7 Å². The molecule has 1 amide bonds. The van der Waals surface area contributed by atoms with Gasteiger partial charge in [0.2, 0.25) is 0 Å². The number of carbonyl (C=O) groups excluding carboxylic acids is 1. The fourth-order valence-electron chi connectivity index (χ4n) is 3.63. The molecular formula is C23H25N3O4S. The highest BCUT2D eigenvalue weighted by Crippen LogP contribution is 2.38. The topological polar surface area (TPSA) is 63.6 Å². The van der Waals surface area contributed by atoms with Gasteiger partial charge < -0.3 is 24.0 Å². The third-order valence-electron chi connectivity index (χ3n) is 5.30. The molecule has 0 aliphatic carbocycles. The molecule has 0 radical (unpaired) electrons. The van der Waals surface area contributed by atoms with E-state index < -0.39 is 0 Å². The molecule has 4 rings (SSSR count). The van der Waals surface area contributed by atoms with E-state index in [0.717, 1.165) is 36.9 Å². The molecule has 0 saturated carbocycles. The number of aliphatic imine (C=N–C) groups is 1. The molecule has 31 heavy (non-hydrogen) atoms. The van der Waals surface area contributed by atoms with Gasteiger partial charge in [-0.05, 0) is 36.0 Å². The number of para-hydroxylation sites is 1. The number of methoxy groups -OCH3 is 3. The first-order valence-corrected chi connectivity index (χ1v) is 10.8. The number of hydrogen-bond donors (Lipinski definition) is 0. The van der Waals surface area contributed by atoms with E-state index in [1.807, 2.05) is 6.07 Å². The number of anilines is 1. The summed E-state index contributed by atoms with van der Waals surface area (Å²) in [5.74, 6) is 1.51. The van der Waals surface area contributed by atoms with Crippen LogP contribution >= 0.6 is 11.8 Å². The van der Waals surface area contributed by atoms with Crippen molar-refractivity contribution in [2.45, 2.75) is 0 Å². The number of piperazine rings is 1. The summed E-state index contributed by atoms with van der Waals surface area (Å²) in [5, 5.41) is 0.753. The summed E-state index contributed by atoms with van der Waals surface area (Å²) in [7, 11) is 4.73. The molecule has 1 fully saturated rings. The smallest absolute Gasteiger partial charge is 0.286 e. The minimum Gasteiger partial charge on any atom is -0.496 e. The molecular weight excluding hydrogens is 414 g/mol. The van der Waals surface area contributed by atoms with E-state index in [2.05, 4.69) is 39.1 Å². The Labute approximate surface area is 186 Å². The molecule has 2 aliphatic heterocycles. The van der Waals surface area contributed by atoms with Gasteiger partial charge in [0, 0.05) is 43.5 Å². The molecule has 0 bridgehead atoms. The van der Waals surface area contributed by atoms with Crippen LogP contribution in [0.3, 0.4) is 0 Å². The highest BCUT2D eigenvalue weighted by molar-refractivity contribution is 8.18. The zero-order valence-corrected chi connectivity index (χ0v) is 18.6. The zero-order valence-electron chi connectivity index (χ0n) is 17.8. The maximum Gasteiger partial charge on any atom is 0.286 e. The van der Waals surface area contributed by atoms with Crippen LogP contribution in [0.4, 0.5) is 5.69 Å². The summed E-state index contributed by atoms with van der Waals surface area (Å²) in [4.78, 5) is 22.0. The Hall–Kier alpha value is -3.13. The summed E-state index contributed by atoms with van der Waals surface area (Å²) < 4.78 is 16.2. The van der Waals surface area contributed by atoms with Gasteiger partial charge in [-0.2, -0.15) is 4.99 Å². The standard InChI is InChI=1S/C23H25N3O4S/c1-28-18-15-20(30-3)19(29-2)13-16(18)14-21-22(27)24-23(31-21)26-11-9-25(10-12-26)17-7-5-4-6-8-17/h4-8,13-15H,9-12H2,1-3H3/b21-14+. The van der Waals surface area contributed by atoms with Crippen molar-refractivity contribution in [1.82, 2.24) is 4.90 Å². The van der Waals surface area contributed by atoms with Crippen molar-refractivity contribution in [3.8, 4) is 17.2 Å². The minimum absolute atomic E-state index is 0.234. The van der Waals surface area contributed by atoms with Gasteiger partial charge in [-0.25, -0.2) is 0 Å². The molecule has 8 heteroatoms. The third-order valence-corrected chi connectivity index (χ3v) is 6.35. The van der Waals surface area contributed by atoms with Gasteiger partial charge in [0.1, 0.15) is 5.75 Å². The zero-order chi connectivity index (χ0) is 21.8. The van der Waals surface area contributed by atoms with Gasteiger partial charge >= 0.3 is 0 Å². The number of ether oxygens (including phenoxy) is 3. The molecule has 2 heterocycles. The molecule has 0 N–H and O–H groups in total. The predicted octanol–water partition coefficient (Wildman–Crippen LogP) is 3.50. The van der Waals surface area contributed by atoms with Crippen LogP contribution in [0.5, 0.6) is 17.2 Å². The lowest BCUT2D eigenvalue weighted by molar-refractivity contribution is -0.113. The van der Waals surface area contributed by atoms with Crippen LogP contribution in [-0.2, 0) is 4.79 Å². The van der Waals surface area contributed by atoms with Crippen LogP contribution in [0, 0.1) is 0 Å². The molecule has 0 unspecified atom stereocenters. The van der Waals surface area contributed by atoms with Crippen LogP contribution in [0.25, 0.3) is 6.08 Å². The van der Waals surface area contributed by atoms with Gasteiger partial charge in [0.05, 0.1) is 26.2 Å². The molecule has 1 saturated heterocycles. The van der Waals surface area contributed by atoms with E-state index >= 15 is 0 Å². The maximum absolute atomic E-state index is 12.6. The highest BCUT2D eigenvalue weighted by Gasteiger charge is 2.29. The number of hydrogen-bond acceptors (Lipinski definition) is 7. The normalized spacial score (nSPS) is 17.7. The summed E-state index contributed by atoms with van der Waals surface area (Å²) in [6, 6.07) is 13.9. The Morgan fingerprint density at radius 3 is 2.13 bits per heavy atom. The second-order valence-electron chi connectivity index (χ2n) is 7.07. The molecule has 2 aromatic carbocycles. The number of amides is 1. The Bertz CT molecular complexity index is 1010. The molecule has 0 aromatic heterocycles. The van der Waals surface area contributed by atoms with Crippen molar-refractivity contribution in [3.05, 3.63) is 52.9 Å². The monoisotopic (exact) mass is 439 g/mol. The quantitative estimate of drug-likeness (QED) is 0.661. The van der Waals surface area contributed by atoms with Crippen LogP contribution in [0.2, 0.25) is 0 Å². The fourth-order valence-corrected chi connectivity index (χ4v) is 4.59. The maximum atomic E-state index is 12.6. The van der Waals surface area contributed by atoms with Crippen molar-refractivity contribution in [2.24, 2.45) is 4.99 Å². The van der Waals surface area contributed by atoms with E-state index in [-0.39, 0.29) is 5.91 Å². The number of carbonyl (C=O) groups is 1. The third kappa shape index (κ3) is 4.49. The summed E-state index contributed by atoms with van der Waals surface area (Å²) in [6.07, 6.45) is 1.80. The highest BCUT2D eigenvalue weighted by atomic mass is 32.2. The molecule has 2 aromatic rings. The van der Waals surface area contributed by atoms with Crippen molar-refractivity contribution in [1.29, 1.82) is 0 Å². The fraction of sp³-hybridized carbons (Fsp3) is 0.304. The SMILES string of the molecule is COc1cc(OC)c(OC)cc1/C=C1/SC(N2CCN(c3ccccc3)CC2)=NC1=O. The van der Waals surface area contributed by atoms with Crippen molar-refractivity contribution in [2.75, 3.05) is 52.4 Å². The Morgan fingerprint density at radius 2 is 1.48 bits per heavy atom. The van der Waals surface area contributed by atoms with Crippen molar-refractivity contribution >= 4 is 34.6 Å². The first-order chi connectivity index (χ1) is 15.1. The largest absolute Gasteiger partial charge is 0.496 e. The Kier molecular flexibility index (Phi) is 6.36. The lowest BCUT2D eigenvalue weighted by Crippen LogP contribution is -2.47. The van der Waals surface area contributed by atoms with E-state index in [4.69, 9.17) is 14.2 Å². The van der Waals surface area contributed by atoms with E-state index in [1.54, 1.807) is 39.5 Å². The number of benzene rings is 2. The van der Waals surface area contributed by atoms with Crippen LogP contribution in [-0.4, -0.2) is 63.5 Å². The molecule has 0 atom stereocenters. The van der Waals surface area contributed by atoms with Gasteiger partial charge in [-0.15, -0.1) is 0 Å². The second-order valence-corrected chi connectivity index (χ2v) is 8.08. The van der Waals surface area contributed by atoms with E-state index in [9.17, 15) is 4.79 Å². The van der Waals surface area contributed by atoms with E-state index in [1.165, 1.54) is 17.4 Å². The van der Waals surface area contributed by atoms with Gasteiger partial charge in [-0.3, -0.25) is 4.79 Å². The van der Waals surface area contributed by atoms with Crippen molar-refractivity contribution < 1.29 is 19.0 Å². The number of rotatable bonds is 5. The lowest BCUT2D eigenvalue weighted by Gasteiger charge is -2.36. The molecule has 7 nitrogen and oxygen atoms in total. The Morgan fingerprint density at radius 1 is 0.871 bits per heavy atom. The van der Waals surface area contributed by atoms with Crippen LogP contribution < -0.4 is 19.1 Å². The second kappa shape index (κ2) is 9.34.